The van der Waals surface area contributed by atoms with Gasteiger partial charge in [-0.1, -0.05) is 27.7 Å². The van der Waals surface area contributed by atoms with E-state index in [1.165, 1.54) is 17.0 Å². The fourth-order valence-electron chi connectivity index (χ4n) is 2.58. The summed E-state index contributed by atoms with van der Waals surface area (Å²) in [4.78, 5) is 0. The number of rotatable bonds is 7. The second kappa shape index (κ2) is 6.80. The molecule has 1 aromatic rings. The van der Waals surface area contributed by atoms with Gasteiger partial charge in [0.2, 0.25) is 0 Å². The highest BCUT2D eigenvalue weighted by atomic mass is 15.3. The lowest BCUT2D eigenvalue weighted by atomic mass is 10.1. The first-order valence-corrected chi connectivity index (χ1v) is 7.02. The Bertz CT molecular complexity index is 337. The van der Waals surface area contributed by atoms with E-state index < -0.39 is 0 Å². The summed E-state index contributed by atoms with van der Waals surface area (Å²) in [6.07, 6.45) is 5.33. The second-order valence-electron chi connectivity index (χ2n) is 4.53. The van der Waals surface area contributed by atoms with E-state index in [2.05, 4.69) is 32.4 Å². The monoisotopic (exact) mass is 237 g/mol. The van der Waals surface area contributed by atoms with Gasteiger partial charge in [-0.2, -0.15) is 5.10 Å². The third-order valence-corrected chi connectivity index (χ3v) is 3.55. The van der Waals surface area contributed by atoms with Crippen LogP contribution in [0.15, 0.2) is 0 Å². The van der Waals surface area contributed by atoms with Gasteiger partial charge >= 0.3 is 0 Å². The van der Waals surface area contributed by atoms with Crippen molar-refractivity contribution in [2.24, 2.45) is 5.73 Å². The van der Waals surface area contributed by atoms with E-state index in [0.29, 0.717) is 12.6 Å². The molecule has 2 N–H and O–H groups in total. The van der Waals surface area contributed by atoms with Crippen LogP contribution in [0.1, 0.15) is 63.5 Å². The van der Waals surface area contributed by atoms with E-state index in [4.69, 9.17) is 10.8 Å². The average molecular weight is 237 g/mol. The Balaban J connectivity index is 3.20. The van der Waals surface area contributed by atoms with Crippen molar-refractivity contribution < 1.29 is 0 Å². The van der Waals surface area contributed by atoms with Gasteiger partial charge in [0.05, 0.1) is 11.7 Å². The fraction of sp³-hybridized carbons (Fsp3) is 0.786. The van der Waals surface area contributed by atoms with E-state index in [-0.39, 0.29) is 0 Å². The largest absolute Gasteiger partial charge is 0.330 e. The number of hydrogen-bond acceptors (Lipinski definition) is 2. The molecule has 0 saturated carbocycles. The van der Waals surface area contributed by atoms with Crippen LogP contribution in [-0.2, 0) is 19.3 Å². The highest BCUT2D eigenvalue weighted by Crippen LogP contribution is 2.24. The molecule has 0 bridgehead atoms. The maximum Gasteiger partial charge on any atom is 0.0657 e. The van der Waals surface area contributed by atoms with Crippen molar-refractivity contribution in [2.75, 3.05) is 6.54 Å². The van der Waals surface area contributed by atoms with Gasteiger partial charge in [-0.05, 0) is 44.2 Å². The lowest BCUT2D eigenvalue weighted by molar-refractivity contribution is 0.413. The topological polar surface area (TPSA) is 43.8 Å². The molecule has 0 fully saturated rings. The van der Waals surface area contributed by atoms with E-state index in [9.17, 15) is 0 Å². The van der Waals surface area contributed by atoms with Crippen LogP contribution >= 0.6 is 0 Å². The van der Waals surface area contributed by atoms with Gasteiger partial charge in [0, 0.05) is 5.69 Å². The highest BCUT2D eigenvalue weighted by molar-refractivity contribution is 5.27. The lowest BCUT2D eigenvalue weighted by Gasteiger charge is -2.16. The van der Waals surface area contributed by atoms with Crippen LogP contribution in [0.4, 0.5) is 0 Å². The summed E-state index contributed by atoms with van der Waals surface area (Å²) in [5, 5.41) is 4.82. The van der Waals surface area contributed by atoms with E-state index in [1.807, 2.05) is 0 Å². The molecule has 0 radical (unpaired) electrons. The molecule has 3 nitrogen and oxygen atoms in total. The zero-order valence-corrected chi connectivity index (χ0v) is 11.8. The third kappa shape index (κ3) is 2.89. The van der Waals surface area contributed by atoms with Gasteiger partial charge in [-0.3, -0.25) is 4.68 Å². The molecule has 1 aromatic heterocycles. The van der Waals surface area contributed by atoms with Gasteiger partial charge < -0.3 is 5.73 Å². The molecule has 0 spiro atoms. The maximum absolute atomic E-state index is 5.72. The van der Waals surface area contributed by atoms with Crippen molar-refractivity contribution in [1.29, 1.82) is 0 Å². The summed E-state index contributed by atoms with van der Waals surface area (Å²) in [6.45, 7) is 9.59. The van der Waals surface area contributed by atoms with Crippen molar-refractivity contribution in [3.05, 3.63) is 17.0 Å². The quantitative estimate of drug-likeness (QED) is 0.792. The van der Waals surface area contributed by atoms with Crippen molar-refractivity contribution in [3.8, 4) is 0 Å². The standard InChI is InChI=1S/C14H27N3/c1-5-11(6-2)17-14(8-4)12(9-10-15)13(7-3)16-17/h11H,5-10,15H2,1-4H3. The molecule has 0 aliphatic heterocycles. The molecule has 17 heavy (non-hydrogen) atoms. The summed E-state index contributed by atoms with van der Waals surface area (Å²) in [6, 6.07) is 0.543. The Morgan fingerprint density at radius 2 is 1.76 bits per heavy atom. The Morgan fingerprint density at radius 1 is 1.12 bits per heavy atom. The van der Waals surface area contributed by atoms with Crippen LogP contribution in [-0.4, -0.2) is 16.3 Å². The first-order valence-electron chi connectivity index (χ1n) is 7.02. The van der Waals surface area contributed by atoms with E-state index in [0.717, 1.165) is 32.1 Å². The first kappa shape index (κ1) is 14.2. The number of nitrogens with zero attached hydrogens (tertiary/aromatic N) is 2. The number of aryl methyl sites for hydroxylation is 1. The lowest BCUT2D eigenvalue weighted by Crippen LogP contribution is -2.13. The molecule has 0 saturated heterocycles. The molecule has 3 heteroatoms. The molecule has 0 amide bonds. The molecule has 1 heterocycles. The molecule has 98 valence electrons. The SMILES string of the molecule is CCc1nn(C(CC)CC)c(CC)c1CCN. The smallest absolute Gasteiger partial charge is 0.0657 e. The molecule has 0 aliphatic rings. The highest BCUT2D eigenvalue weighted by Gasteiger charge is 2.18. The minimum atomic E-state index is 0.543. The molecule has 0 atom stereocenters. The summed E-state index contributed by atoms with van der Waals surface area (Å²) < 4.78 is 2.27. The van der Waals surface area contributed by atoms with Gasteiger partial charge in [-0.25, -0.2) is 0 Å². The summed E-state index contributed by atoms with van der Waals surface area (Å²) >= 11 is 0. The Labute approximate surface area is 105 Å². The van der Waals surface area contributed by atoms with Crippen molar-refractivity contribution in [2.45, 2.75) is 65.8 Å². The van der Waals surface area contributed by atoms with Gasteiger partial charge in [-0.15, -0.1) is 0 Å². The first-order chi connectivity index (χ1) is 8.23. The molecule has 0 aromatic carbocycles. The van der Waals surface area contributed by atoms with Crippen LogP contribution in [0.2, 0.25) is 0 Å². The molecule has 1 rings (SSSR count). The molecule has 0 aliphatic carbocycles. The van der Waals surface area contributed by atoms with Crippen molar-refractivity contribution >= 4 is 0 Å². The van der Waals surface area contributed by atoms with Crippen molar-refractivity contribution in [1.82, 2.24) is 9.78 Å². The summed E-state index contributed by atoms with van der Waals surface area (Å²) in [7, 11) is 0. The van der Waals surface area contributed by atoms with Crippen LogP contribution in [0.5, 0.6) is 0 Å². The fourth-order valence-corrected chi connectivity index (χ4v) is 2.58. The van der Waals surface area contributed by atoms with E-state index in [1.54, 1.807) is 0 Å². The number of nitrogens with two attached hydrogens (primary N) is 1. The molecular weight excluding hydrogens is 210 g/mol. The number of aromatic nitrogens is 2. The summed E-state index contributed by atoms with van der Waals surface area (Å²) in [5.41, 5.74) is 9.78. The minimum Gasteiger partial charge on any atom is -0.330 e. The third-order valence-electron chi connectivity index (χ3n) is 3.55. The minimum absolute atomic E-state index is 0.543. The van der Waals surface area contributed by atoms with E-state index >= 15 is 0 Å². The Hall–Kier alpha value is -0.830. The predicted molar refractivity (Wildman–Crippen MR) is 73.4 cm³/mol. The number of hydrogen-bond donors (Lipinski definition) is 1. The van der Waals surface area contributed by atoms with Crippen LogP contribution in [0, 0.1) is 0 Å². The molecule has 0 unspecified atom stereocenters. The molecular formula is C14H27N3. The van der Waals surface area contributed by atoms with Gasteiger partial charge in [0.25, 0.3) is 0 Å². The zero-order valence-electron chi connectivity index (χ0n) is 11.8. The van der Waals surface area contributed by atoms with Crippen LogP contribution in [0.25, 0.3) is 0 Å². The Morgan fingerprint density at radius 3 is 2.18 bits per heavy atom. The maximum atomic E-state index is 5.72. The average Bonchev–Trinajstić information content (AvgIpc) is 2.69. The normalized spacial score (nSPS) is 11.4. The summed E-state index contributed by atoms with van der Waals surface area (Å²) in [5.74, 6) is 0. The van der Waals surface area contributed by atoms with Crippen LogP contribution in [0.3, 0.4) is 0 Å². The van der Waals surface area contributed by atoms with Crippen molar-refractivity contribution in [3.63, 3.8) is 0 Å². The van der Waals surface area contributed by atoms with Gasteiger partial charge in [0.1, 0.15) is 0 Å². The zero-order chi connectivity index (χ0) is 12.8. The van der Waals surface area contributed by atoms with Gasteiger partial charge in [0.15, 0.2) is 0 Å². The second-order valence-corrected chi connectivity index (χ2v) is 4.53. The predicted octanol–water partition coefficient (Wildman–Crippen LogP) is 2.87. The Kier molecular flexibility index (Phi) is 5.69. The van der Waals surface area contributed by atoms with Crippen LogP contribution < -0.4 is 5.73 Å².